The zero-order valence-electron chi connectivity index (χ0n) is 13.7. The summed E-state index contributed by atoms with van der Waals surface area (Å²) in [5, 5.41) is 4.23. The summed E-state index contributed by atoms with van der Waals surface area (Å²) in [6.07, 6.45) is -6.80. The molecule has 0 bridgehead atoms. The van der Waals surface area contributed by atoms with Gasteiger partial charge in [0.25, 0.3) is 0 Å². The van der Waals surface area contributed by atoms with E-state index in [0.717, 1.165) is 7.05 Å². The van der Waals surface area contributed by atoms with Crippen molar-refractivity contribution in [1.29, 1.82) is 0 Å². The van der Waals surface area contributed by atoms with Crippen LogP contribution >= 0.6 is 11.9 Å². The first-order chi connectivity index (χ1) is 11.0. The van der Waals surface area contributed by atoms with E-state index in [2.05, 4.69) is 0 Å². The lowest BCUT2D eigenvalue weighted by Gasteiger charge is -2.34. The maximum atomic E-state index is 13.4. The van der Waals surface area contributed by atoms with Crippen molar-refractivity contribution >= 4 is 11.9 Å². The van der Waals surface area contributed by atoms with Gasteiger partial charge in [0.2, 0.25) is 0 Å². The van der Waals surface area contributed by atoms with Gasteiger partial charge in [-0.25, -0.2) is 9.51 Å². The molecule has 0 amide bonds. The fourth-order valence-electron chi connectivity index (χ4n) is 1.79. The molecule has 0 saturated heterocycles. The quantitative estimate of drug-likeness (QED) is 0.246. The molecule has 0 aromatic heterocycles. The topological polar surface area (TPSA) is 23.5 Å². The van der Waals surface area contributed by atoms with Crippen LogP contribution in [0, 0.1) is 0 Å². The van der Waals surface area contributed by atoms with Crippen molar-refractivity contribution in [2.45, 2.75) is 43.5 Å². The van der Waals surface area contributed by atoms with Crippen LogP contribution in [-0.4, -0.2) is 70.7 Å². The Labute approximate surface area is 143 Å². The van der Waals surface area contributed by atoms with Crippen molar-refractivity contribution < 1.29 is 49.4 Å². The van der Waals surface area contributed by atoms with Gasteiger partial charge in [-0.3, -0.25) is 0 Å². The lowest BCUT2D eigenvalue weighted by molar-refractivity contribution is -1.10. The number of alkyl halides is 9. The molecular formula is C12H20F9N2OS+. The van der Waals surface area contributed by atoms with Crippen LogP contribution in [0.2, 0.25) is 0 Å². The Bertz CT molecular complexity index is 427. The number of hydroxylamine groups is 3. The second-order valence-electron chi connectivity index (χ2n) is 5.41. The largest absolute Gasteiger partial charge is 0.460 e. The van der Waals surface area contributed by atoms with E-state index in [1.165, 1.54) is 0 Å². The van der Waals surface area contributed by atoms with Crippen molar-refractivity contribution in [1.82, 2.24) is 4.31 Å². The number of halogens is 9. The van der Waals surface area contributed by atoms with Crippen LogP contribution in [0.4, 0.5) is 39.5 Å². The smallest absolute Gasteiger partial charge is 0.248 e. The van der Waals surface area contributed by atoms with E-state index < -0.39 is 39.9 Å². The summed E-state index contributed by atoms with van der Waals surface area (Å²) in [5.74, 6) is -13.5. The first-order valence-corrected chi connectivity index (χ1v) is 7.94. The average molecular weight is 411 g/mol. The van der Waals surface area contributed by atoms with Gasteiger partial charge in [-0.2, -0.15) is 44.2 Å². The molecule has 0 aliphatic carbocycles. The van der Waals surface area contributed by atoms with E-state index >= 15 is 0 Å². The molecule has 0 aromatic carbocycles. The van der Waals surface area contributed by atoms with Crippen molar-refractivity contribution in [2.24, 2.45) is 0 Å². The van der Waals surface area contributed by atoms with Crippen LogP contribution in [0.3, 0.4) is 0 Å². The molecule has 25 heavy (non-hydrogen) atoms. The molecule has 0 fully saturated rings. The predicted octanol–water partition coefficient (Wildman–Crippen LogP) is 4.63. The predicted molar refractivity (Wildman–Crippen MR) is 73.7 cm³/mol. The molecule has 1 N–H and O–H groups in total. The first-order valence-electron chi connectivity index (χ1n) is 7.16. The van der Waals surface area contributed by atoms with Gasteiger partial charge in [0.05, 0.1) is 0 Å². The fraction of sp³-hybridized carbons (Fsp3) is 1.00. The summed E-state index contributed by atoms with van der Waals surface area (Å²) >= 11 is -1.10. The third-order valence-electron chi connectivity index (χ3n) is 3.61. The molecule has 3 nitrogen and oxygen atoms in total. The lowest BCUT2D eigenvalue weighted by Crippen LogP contribution is -2.60. The molecule has 0 aliphatic heterocycles. The van der Waals surface area contributed by atoms with Crippen molar-refractivity contribution in [3.05, 3.63) is 0 Å². The van der Waals surface area contributed by atoms with Gasteiger partial charge in [-0.1, -0.05) is 0 Å². The SMILES string of the molecule is CC[N+](O)(CC)CCCN(C)SC(F)(F)C(F)(F)C(F)(F)C(F)(F)F. The van der Waals surface area contributed by atoms with Crippen LogP contribution in [0.15, 0.2) is 0 Å². The van der Waals surface area contributed by atoms with E-state index in [1.54, 1.807) is 13.8 Å². The molecule has 152 valence electrons. The van der Waals surface area contributed by atoms with E-state index in [-0.39, 0.29) is 19.5 Å². The van der Waals surface area contributed by atoms with E-state index in [9.17, 15) is 44.7 Å². The summed E-state index contributed by atoms with van der Waals surface area (Å²) in [6.45, 7) is 3.61. The fourth-order valence-corrected chi connectivity index (χ4v) is 2.64. The second kappa shape index (κ2) is 8.09. The van der Waals surface area contributed by atoms with E-state index in [4.69, 9.17) is 0 Å². The lowest BCUT2D eigenvalue weighted by atomic mass is 10.1. The average Bonchev–Trinajstić information content (AvgIpc) is 2.44. The minimum absolute atomic E-state index is 0.0268. The van der Waals surface area contributed by atoms with Crippen molar-refractivity contribution in [2.75, 3.05) is 33.2 Å². The summed E-state index contributed by atoms with van der Waals surface area (Å²) in [7, 11) is 0.852. The highest BCUT2D eigenvalue weighted by Crippen LogP contribution is 2.56. The standard InChI is InChI=1S/C12H20F9N2OS/c1-4-23(24,5-2)8-6-7-22(3)25-12(20,21)10(15,16)9(13,14)11(17,18)19/h24H,4-8H2,1-3H3/q+1. The summed E-state index contributed by atoms with van der Waals surface area (Å²) in [5.41, 5.74) is 0. The molecular weight excluding hydrogens is 391 g/mol. The zero-order chi connectivity index (χ0) is 20.3. The van der Waals surface area contributed by atoms with Gasteiger partial charge in [-0.15, -0.1) is 0 Å². The molecule has 0 heterocycles. The number of hydrogen-bond donors (Lipinski definition) is 1. The van der Waals surface area contributed by atoms with Gasteiger partial charge in [-0.05, 0) is 20.9 Å². The van der Waals surface area contributed by atoms with E-state index in [0.29, 0.717) is 17.4 Å². The second-order valence-corrected chi connectivity index (χ2v) is 6.73. The molecule has 0 radical (unpaired) electrons. The highest BCUT2D eigenvalue weighted by atomic mass is 32.2. The summed E-state index contributed by atoms with van der Waals surface area (Å²) in [4.78, 5) is 0. The molecule has 0 aliphatic rings. The number of nitrogens with zero attached hydrogens (tertiary/aromatic N) is 2. The highest BCUT2D eigenvalue weighted by Gasteiger charge is 2.82. The molecule has 0 saturated carbocycles. The summed E-state index contributed by atoms with van der Waals surface area (Å²) in [6, 6.07) is 0. The normalized spacial score (nSPS) is 15.1. The van der Waals surface area contributed by atoms with Gasteiger partial charge in [0.15, 0.2) is 0 Å². The zero-order valence-corrected chi connectivity index (χ0v) is 14.5. The maximum Gasteiger partial charge on any atom is 0.460 e. The number of quaternary nitrogens is 1. The van der Waals surface area contributed by atoms with Gasteiger partial charge < -0.3 is 0 Å². The molecule has 13 heteroatoms. The van der Waals surface area contributed by atoms with Gasteiger partial charge in [0.1, 0.15) is 19.6 Å². The maximum absolute atomic E-state index is 13.4. The molecule has 0 atom stereocenters. The molecule has 0 rings (SSSR count). The Morgan fingerprint density at radius 3 is 1.68 bits per heavy atom. The Hall–Kier alpha value is -0.400. The van der Waals surface area contributed by atoms with Gasteiger partial charge in [0, 0.05) is 24.9 Å². The third kappa shape index (κ3) is 5.54. The Morgan fingerprint density at radius 1 is 0.880 bits per heavy atom. The Kier molecular flexibility index (Phi) is 7.96. The van der Waals surface area contributed by atoms with Crippen LogP contribution < -0.4 is 0 Å². The number of hydrogen-bond acceptors (Lipinski definition) is 3. The molecule has 0 aromatic rings. The minimum Gasteiger partial charge on any atom is -0.248 e. The van der Waals surface area contributed by atoms with Crippen molar-refractivity contribution in [3.63, 3.8) is 0 Å². The summed E-state index contributed by atoms with van der Waals surface area (Å²) < 4.78 is 115. The monoisotopic (exact) mass is 411 g/mol. The van der Waals surface area contributed by atoms with Crippen LogP contribution in [0.1, 0.15) is 20.3 Å². The van der Waals surface area contributed by atoms with Crippen molar-refractivity contribution in [3.8, 4) is 0 Å². The molecule has 0 unspecified atom stereocenters. The Balaban J connectivity index is 4.95. The third-order valence-corrected chi connectivity index (χ3v) is 4.59. The highest BCUT2D eigenvalue weighted by molar-refractivity contribution is 7.98. The van der Waals surface area contributed by atoms with Crippen LogP contribution in [0.5, 0.6) is 0 Å². The van der Waals surface area contributed by atoms with E-state index in [1.807, 2.05) is 0 Å². The molecule has 0 spiro atoms. The minimum atomic E-state index is -6.89. The Morgan fingerprint density at radius 2 is 1.32 bits per heavy atom. The first kappa shape index (κ1) is 24.6. The van der Waals surface area contributed by atoms with Crippen LogP contribution in [-0.2, 0) is 0 Å². The van der Waals surface area contributed by atoms with Gasteiger partial charge >= 0.3 is 23.3 Å². The van der Waals surface area contributed by atoms with Crippen LogP contribution in [0.25, 0.3) is 0 Å². The number of rotatable bonds is 10.